The molecule has 0 aromatic carbocycles. The summed E-state index contributed by atoms with van der Waals surface area (Å²) in [5.41, 5.74) is 0. The van der Waals surface area contributed by atoms with Gasteiger partial charge in [0, 0.05) is 6.10 Å². The average Bonchev–Trinajstić information content (AvgIpc) is 1.97. The summed E-state index contributed by atoms with van der Waals surface area (Å²) < 4.78 is 6.43. The fourth-order valence-electron chi connectivity index (χ4n) is 4.23. The molecule has 0 spiro atoms. The van der Waals surface area contributed by atoms with E-state index in [1.807, 2.05) is 0 Å². The normalized spacial score (nSPS) is 49.8. The van der Waals surface area contributed by atoms with Crippen LogP contribution in [0.25, 0.3) is 0 Å². The highest BCUT2D eigenvalue weighted by Gasteiger charge is 2.46. The van der Waals surface area contributed by atoms with Crippen LogP contribution in [0.4, 0.5) is 0 Å². The second kappa shape index (κ2) is 3.88. The lowest BCUT2D eigenvalue weighted by molar-refractivity contribution is -0.0153. The fraction of sp³-hybridized carbons (Fsp3) is 1.00. The summed E-state index contributed by atoms with van der Waals surface area (Å²) >= 11 is 0. The molecule has 0 aromatic rings. The first kappa shape index (κ1) is 11.7. The predicted octanol–water partition coefficient (Wildman–Crippen LogP) is 3.91. The molecule has 88 valence electrons. The van der Waals surface area contributed by atoms with E-state index in [0.29, 0.717) is 6.10 Å². The zero-order valence-electron chi connectivity index (χ0n) is 10.9. The number of rotatable bonds is 0. The van der Waals surface area contributed by atoms with Crippen LogP contribution in [-0.2, 0) is 4.43 Å². The fourth-order valence-corrected chi connectivity index (χ4v) is 7.22. The van der Waals surface area contributed by atoms with E-state index in [9.17, 15) is 0 Å². The zero-order valence-corrected chi connectivity index (χ0v) is 11.9. The van der Waals surface area contributed by atoms with Crippen LogP contribution in [0.3, 0.4) is 0 Å². The van der Waals surface area contributed by atoms with E-state index in [2.05, 4.69) is 33.9 Å². The minimum atomic E-state index is -1.32. The first-order valence-corrected chi connectivity index (χ1v) is 9.68. The van der Waals surface area contributed by atoms with Gasteiger partial charge < -0.3 is 4.43 Å². The Labute approximate surface area is 95.7 Å². The summed E-state index contributed by atoms with van der Waals surface area (Å²) in [6.45, 7) is 12.1. The lowest BCUT2D eigenvalue weighted by Crippen LogP contribution is -2.52. The molecule has 2 rings (SSSR count). The number of fused-ring (bicyclic) bond motifs is 1. The molecule has 0 N–H and O–H groups in total. The van der Waals surface area contributed by atoms with Crippen molar-refractivity contribution in [1.82, 2.24) is 0 Å². The van der Waals surface area contributed by atoms with Crippen LogP contribution in [0.1, 0.15) is 33.6 Å². The van der Waals surface area contributed by atoms with E-state index >= 15 is 0 Å². The van der Waals surface area contributed by atoms with Crippen LogP contribution in [0, 0.1) is 23.7 Å². The Kier molecular flexibility index (Phi) is 3.02. The highest BCUT2D eigenvalue weighted by molar-refractivity contribution is 6.71. The van der Waals surface area contributed by atoms with Crippen molar-refractivity contribution < 1.29 is 4.43 Å². The Morgan fingerprint density at radius 2 is 1.67 bits per heavy atom. The number of hydrogen-bond acceptors (Lipinski definition) is 1. The molecule has 2 heteroatoms. The molecule has 0 radical (unpaired) electrons. The molecule has 1 saturated carbocycles. The van der Waals surface area contributed by atoms with Crippen LogP contribution >= 0.6 is 0 Å². The second-order valence-corrected chi connectivity index (χ2v) is 10.9. The standard InChI is InChI=1S/C13H26OSi/c1-9-6-10(2)13-11(3)8-15(4,5)14-12(13)7-9/h9-13H,6-8H2,1-5H3/t9-,10-,11-,12-,13+/m1/s1. The summed E-state index contributed by atoms with van der Waals surface area (Å²) in [4.78, 5) is 0. The molecule has 1 aliphatic carbocycles. The Hall–Kier alpha value is 0.177. The molecule has 0 unspecified atom stereocenters. The van der Waals surface area contributed by atoms with Gasteiger partial charge in [-0.2, -0.15) is 0 Å². The third-order valence-corrected chi connectivity index (χ3v) is 7.00. The SMILES string of the molecule is C[C@@H]1C[C@@H](C)[C@H]2[C@H](C)C[Si](C)(C)O[C@@H]2C1. The van der Waals surface area contributed by atoms with Gasteiger partial charge in [-0.05, 0) is 55.7 Å². The number of hydrogen-bond donors (Lipinski definition) is 0. The van der Waals surface area contributed by atoms with Crippen molar-refractivity contribution in [1.29, 1.82) is 0 Å². The van der Waals surface area contributed by atoms with Crippen molar-refractivity contribution in [3.63, 3.8) is 0 Å². The molecular weight excluding hydrogens is 200 g/mol. The van der Waals surface area contributed by atoms with E-state index in [1.165, 1.54) is 18.9 Å². The molecule has 5 atom stereocenters. The van der Waals surface area contributed by atoms with Gasteiger partial charge in [-0.15, -0.1) is 0 Å². The van der Waals surface area contributed by atoms with Crippen molar-refractivity contribution in [3.05, 3.63) is 0 Å². The average molecular weight is 226 g/mol. The lowest BCUT2D eigenvalue weighted by atomic mass is 9.69. The highest BCUT2D eigenvalue weighted by Crippen LogP contribution is 2.46. The van der Waals surface area contributed by atoms with Crippen molar-refractivity contribution in [3.8, 4) is 0 Å². The van der Waals surface area contributed by atoms with Crippen LogP contribution in [0.2, 0.25) is 19.1 Å². The molecule has 1 heterocycles. The van der Waals surface area contributed by atoms with Crippen LogP contribution in [0.5, 0.6) is 0 Å². The zero-order chi connectivity index (χ0) is 11.2. The van der Waals surface area contributed by atoms with Gasteiger partial charge in [0.05, 0.1) is 0 Å². The van der Waals surface area contributed by atoms with Crippen molar-refractivity contribution in [2.45, 2.75) is 58.9 Å². The summed E-state index contributed by atoms with van der Waals surface area (Å²) in [6.07, 6.45) is 3.32. The quantitative estimate of drug-likeness (QED) is 0.569. The summed E-state index contributed by atoms with van der Waals surface area (Å²) in [6, 6.07) is 1.37. The van der Waals surface area contributed by atoms with Crippen LogP contribution in [-0.4, -0.2) is 14.4 Å². The van der Waals surface area contributed by atoms with Gasteiger partial charge in [-0.1, -0.05) is 20.8 Å². The van der Waals surface area contributed by atoms with Crippen LogP contribution in [0.15, 0.2) is 0 Å². The lowest BCUT2D eigenvalue weighted by Gasteiger charge is -2.50. The Morgan fingerprint density at radius 1 is 1.00 bits per heavy atom. The summed E-state index contributed by atoms with van der Waals surface area (Å²) in [5, 5.41) is 0. The first-order chi connectivity index (χ1) is 6.89. The topological polar surface area (TPSA) is 9.23 Å². The van der Waals surface area contributed by atoms with Gasteiger partial charge in [0.2, 0.25) is 0 Å². The maximum atomic E-state index is 6.43. The van der Waals surface area contributed by atoms with E-state index in [4.69, 9.17) is 4.43 Å². The molecule has 1 aliphatic heterocycles. The minimum absolute atomic E-state index is 0.592. The molecule has 1 saturated heterocycles. The van der Waals surface area contributed by atoms with Crippen molar-refractivity contribution in [2.75, 3.05) is 0 Å². The third kappa shape index (κ3) is 2.31. The molecule has 0 amide bonds. The van der Waals surface area contributed by atoms with E-state index in [-0.39, 0.29) is 0 Å². The highest BCUT2D eigenvalue weighted by atomic mass is 28.4. The molecule has 2 aliphatic rings. The van der Waals surface area contributed by atoms with Crippen molar-refractivity contribution in [2.24, 2.45) is 23.7 Å². The Balaban J connectivity index is 2.15. The molecule has 15 heavy (non-hydrogen) atoms. The van der Waals surface area contributed by atoms with E-state index in [1.54, 1.807) is 0 Å². The first-order valence-electron chi connectivity index (χ1n) is 6.57. The van der Waals surface area contributed by atoms with Crippen LogP contribution < -0.4 is 0 Å². The summed E-state index contributed by atoms with van der Waals surface area (Å²) in [7, 11) is -1.32. The van der Waals surface area contributed by atoms with Gasteiger partial charge in [0.15, 0.2) is 8.32 Å². The van der Waals surface area contributed by atoms with E-state index in [0.717, 1.165) is 23.7 Å². The smallest absolute Gasteiger partial charge is 0.187 e. The van der Waals surface area contributed by atoms with Gasteiger partial charge >= 0.3 is 0 Å². The van der Waals surface area contributed by atoms with Crippen molar-refractivity contribution >= 4 is 8.32 Å². The minimum Gasteiger partial charge on any atom is -0.414 e. The van der Waals surface area contributed by atoms with Gasteiger partial charge in [0.1, 0.15) is 0 Å². The predicted molar refractivity (Wildman–Crippen MR) is 67.4 cm³/mol. The molecule has 0 bridgehead atoms. The molecule has 0 aromatic heterocycles. The summed E-state index contributed by atoms with van der Waals surface area (Å²) in [5.74, 6) is 3.49. The second-order valence-electron chi connectivity index (χ2n) is 6.73. The molecule has 1 nitrogen and oxygen atoms in total. The van der Waals surface area contributed by atoms with Gasteiger partial charge in [-0.3, -0.25) is 0 Å². The Bertz CT molecular complexity index is 239. The molecule has 2 fully saturated rings. The van der Waals surface area contributed by atoms with Gasteiger partial charge in [-0.25, -0.2) is 0 Å². The molecular formula is C13H26OSi. The van der Waals surface area contributed by atoms with Gasteiger partial charge in [0.25, 0.3) is 0 Å². The maximum Gasteiger partial charge on any atom is 0.187 e. The Morgan fingerprint density at radius 3 is 2.33 bits per heavy atom. The maximum absolute atomic E-state index is 6.43. The monoisotopic (exact) mass is 226 g/mol. The third-order valence-electron chi connectivity index (χ3n) is 4.44. The largest absolute Gasteiger partial charge is 0.414 e. The van der Waals surface area contributed by atoms with E-state index < -0.39 is 8.32 Å².